The molecule has 0 unspecified atom stereocenters. The van der Waals surface area contributed by atoms with Crippen LogP contribution >= 0.6 is 11.8 Å². The van der Waals surface area contributed by atoms with Gasteiger partial charge < -0.3 is 30.3 Å². The summed E-state index contributed by atoms with van der Waals surface area (Å²) < 4.78 is 29.3. The minimum Gasteiger partial charge on any atom is -0.508 e. The molecule has 0 aromatic heterocycles. The molecule has 6 aromatic rings. The SMILES string of the molecule is O=C(OCc1ccccc1)c1ccc(O)cc1.O=S(=O)(c1ccc(O)cc1)c1ccc(O)cc1.Oc1ccc(Sc2ccc(O)cc2)cc1. The number of rotatable bonds is 7. The van der Waals surface area contributed by atoms with E-state index in [0.29, 0.717) is 5.56 Å². The summed E-state index contributed by atoms with van der Waals surface area (Å²) in [6.45, 7) is 0.251. The molecule has 0 amide bonds. The monoisotopic (exact) mass is 696 g/mol. The Bertz CT molecular complexity index is 1920. The number of hydrogen-bond acceptors (Lipinski definition) is 10. The van der Waals surface area contributed by atoms with E-state index in [1.54, 1.807) is 36.0 Å². The van der Waals surface area contributed by atoms with Gasteiger partial charge in [-0.3, -0.25) is 0 Å². The Morgan fingerprint density at radius 2 is 0.837 bits per heavy atom. The minimum absolute atomic E-state index is 0.00894. The largest absolute Gasteiger partial charge is 0.508 e. The molecule has 0 bridgehead atoms. The van der Waals surface area contributed by atoms with Crippen molar-refractivity contribution in [3.8, 4) is 28.7 Å². The summed E-state index contributed by atoms with van der Waals surface area (Å²) in [7, 11) is -3.59. The van der Waals surface area contributed by atoms with Crippen LogP contribution in [0.25, 0.3) is 0 Å². The lowest BCUT2D eigenvalue weighted by Gasteiger charge is -2.04. The minimum atomic E-state index is -3.59. The first kappa shape index (κ1) is 35.9. The maximum atomic E-state index is 12.1. The molecular weight excluding hydrogens is 665 g/mol. The zero-order valence-electron chi connectivity index (χ0n) is 25.8. The second kappa shape index (κ2) is 17.3. The van der Waals surface area contributed by atoms with Crippen LogP contribution in [0.3, 0.4) is 0 Å². The summed E-state index contributed by atoms with van der Waals surface area (Å²) in [5.74, 6) is 0.290. The molecule has 0 radical (unpaired) electrons. The molecule has 6 aromatic carbocycles. The Kier molecular flexibility index (Phi) is 12.7. The first-order valence-electron chi connectivity index (χ1n) is 14.6. The highest BCUT2D eigenvalue weighted by atomic mass is 32.2. The van der Waals surface area contributed by atoms with E-state index in [4.69, 9.17) is 30.3 Å². The summed E-state index contributed by atoms with van der Waals surface area (Å²) in [5.41, 5.74) is 1.37. The van der Waals surface area contributed by atoms with Gasteiger partial charge in [-0.15, -0.1) is 0 Å². The Balaban J connectivity index is 0.000000166. The molecule has 0 heterocycles. The predicted octanol–water partition coefficient (Wildman–Crippen LogP) is 7.93. The highest BCUT2D eigenvalue weighted by Gasteiger charge is 2.17. The average Bonchev–Trinajstić information content (AvgIpc) is 3.11. The van der Waals surface area contributed by atoms with Gasteiger partial charge in [-0.2, -0.15) is 0 Å². The van der Waals surface area contributed by atoms with Crippen molar-refractivity contribution in [3.05, 3.63) is 163 Å². The third-order valence-electron chi connectivity index (χ3n) is 6.52. The van der Waals surface area contributed by atoms with Crippen LogP contribution in [-0.4, -0.2) is 39.9 Å². The van der Waals surface area contributed by atoms with Gasteiger partial charge in [0.05, 0.1) is 15.4 Å². The summed E-state index contributed by atoms with van der Waals surface area (Å²) in [6.07, 6.45) is 0. The van der Waals surface area contributed by atoms with Crippen LogP contribution in [0, 0.1) is 0 Å². The van der Waals surface area contributed by atoms with E-state index in [0.717, 1.165) is 15.4 Å². The quantitative estimate of drug-likeness (QED) is 0.104. The number of phenols is 5. The number of carbonyl (C=O) groups is 1. The van der Waals surface area contributed by atoms with Crippen LogP contribution < -0.4 is 0 Å². The van der Waals surface area contributed by atoms with Gasteiger partial charge in [0, 0.05) is 9.79 Å². The molecule has 0 aliphatic carbocycles. The zero-order valence-corrected chi connectivity index (χ0v) is 27.5. The highest BCUT2D eigenvalue weighted by molar-refractivity contribution is 7.99. The van der Waals surface area contributed by atoms with E-state index in [-0.39, 0.29) is 45.1 Å². The molecule has 5 N–H and O–H groups in total. The molecule has 9 nitrogen and oxygen atoms in total. The van der Waals surface area contributed by atoms with Crippen LogP contribution in [0.4, 0.5) is 0 Å². The lowest BCUT2D eigenvalue weighted by molar-refractivity contribution is 0.0472. The Morgan fingerprint density at radius 3 is 1.22 bits per heavy atom. The second-order valence-corrected chi connectivity index (χ2v) is 13.3. The normalized spacial score (nSPS) is 10.4. The lowest BCUT2D eigenvalue weighted by Crippen LogP contribution is -2.04. The van der Waals surface area contributed by atoms with Gasteiger partial charge in [0.25, 0.3) is 0 Å². The van der Waals surface area contributed by atoms with Gasteiger partial charge in [-0.1, -0.05) is 42.1 Å². The van der Waals surface area contributed by atoms with Crippen LogP contribution in [0.2, 0.25) is 0 Å². The Hall–Kier alpha value is -5.91. The number of esters is 1. The highest BCUT2D eigenvalue weighted by Crippen LogP contribution is 2.29. The van der Waals surface area contributed by atoms with Gasteiger partial charge >= 0.3 is 5.97 Å². The average molecular weight is 697 g/mol. The van der Waals surface area contributed by atoms with E-state index in [9.17, 15) is 13.2 Å². The van der Waals surface area contributed by atoms with Crippen molar-refractivity contribution in [1.82, 2.24) is 0 Å². The van der Waals surface area contributed by atoms with Crippen LogP contribution in [0.5, 0.6) is 28.7 Å². The van der Waals surface area contributed by atoms with Crippen LogP contribution in [0.1, 0.15) is 15.9 Å². The van der Waals surface area contributed by atoms with Crippen molar-refractivity contribution in [2.24, 2.45) is 0 Å². The predicted molar refractivity (Wildman–Crippen MR) is 186 cm³/mol. The lowest BCUT2D eigenvalue weighted by atomic mass is 10.2. The van der Waals surface area contributed by atoms with Gasteiger partial charge in [0.2, 0.25) is 9.84 Å². The van der Waals surface area contributed by atoms with Crippen molar-refractivity contribution in [1.29, 1.82) is 0 Å². The first-order valence-corrected chi connectivity index (χ1v) is 16.9. The second-order valence-electron chi connectivity index (χ2n) is 10.2. The number of carbonyl (C=O) groups excluding carboxylic acids is 1. The molecule has 0 saturated heterocycles. The molecule has 250 valence electrons. The van der Waals surface area contributed by atoms with Gasteiger partial charge in [-0.25, -0.2) is 13.2 Å². The van der Waals surface area contributed by atoms with Crippen molar-refractivity contribution in [2.75, 3.05) is 0 Å². The van der Waals surface area contributed by atoms with Crippen LogP contribution in [-0.2, 0) is 21.2 Å². The fraction of sp³-hybridized carbons (Fsp3) is 0.0263. The maximum Gasteiger partial charge on any atom is 0.338 e. The first-order chi connectivity index (χ1) is 23.5. The third kappa shape index (κ3) is 11.4. The summed E-state index contributed by atoms with van der Waals surface area (Å²) >= 11 is 1.58. The Labute approximate surface area is 287 Å². The summed E-state index contributed by atoms with van der Waals surface area (Å²) in [6, 6.07) is 40.1. The standard InChI is InChI=1S/C14H12O3.C12H10O4S.C12H10O2S/c15-13-8-6-12(7-9-13)14(16)17-10-11-4-2-1-3-5-11;13-9-1-5-11(6-2-9)17(15,16)12-7-3-10(14)4-8-12;13-9-1-5-11(6-2-9)15-12-7-3-10(14)4-8-12/h1-9,15H,10H2;1-8,13-14H;1-8,13-14H. The summed E-state index contributed by atoms with van der Waals surface area (Å²) in [4.78, 5) is 13.9. The third-order valence-corrected chi connectivity index (χ3v) is 9.32. The summed E-state index contributed by atoms with van der Waals surface area (Å²) in [5, 5.41) is 45.5. The molecule has 0 spiro atoms. The van der Waals surface area contributed by atoms with E-state index in [1.165, 1.54) is 72.8 Å². The molecular formula is C38H32O9S2. The van der Waals surface area contributed by atoms with Crippen molar-refractivity contribution < 1.29 is 43.5 Å². The number of benzene rings is 6. The fourth-order valence-electron chi connectivity index (χ4n) is 3.96. The van der Waals surface area contributed by atoms with E-state index in [1.807, 2.05) is 54.6 Å². The van der Waals surface area contributed by atoms with Gasteiger partial charge in [-0.05, 0) is 127 Å². The van der Waals surface area contributed by atoms with Gasteiger partial charge in [0.1, 0.15) is 35.4 Å². The molecule has 0 aliphatic rings. The molecule has 0 fully saturated rings. The molecule has 0 atom stereocenters. The smallest absolute Gasteiger partial charge is 0.338 e. The van der Waals surface area contributed by atoms with E-state index < -0.39 is 15.8 Å². The molecule has 11 heteroatoms. The van der Waals surface area contributed by atoms with Crippen molar-refractivity contribution >= 4 is 27.6 Å². The van der Waals surface area contributed by atoms with Crippen molar-refractivity contribution in [2.45, 2.75) is 26.2 Å². The Morgan fingerprint density at radius 1 is 0.490 bits per heavy atom. The van der Waals surface area contributed by atoms with Crippen LogP contribution in [0.15, 0.2) is 171 Å². The van der Waals surface area contributed by atoms with Crippen molar-refractivity contribution in [3.63, 3.8) is 0 Å². The number of ether oxygens (including phenoxy) is 1. The molecule has 6 rings (SSSR count). The van der Waals surface area contributed by atoms with E-state index >= 15 is 0 Å². The number of hydrogen-bond donors (Lipinski definition) is 5. The molecule has 49 heavy (non-hydrogen) atoms. The van der Waals surface area contributed by atoms with E-state index in [2.05, 4.69) is 0 Å². The topological polar surface area (TPSA) is 162 Å². The number of phenolic OH excluding ortho intramolecular Hbond substituents is 5. The zero-order chi connectivity index (χ0) is 35.2. The molecule has 0 aliphatic heterocycles. The number of sulfone groups is 1. The number of aromatic hydroxyl groups is 5. The molecule has 0 saturated carbocycles. The van der Waals surface area contributed by atoms with Gasteiger partial charge in [0.15, 0.2) is 0 Å². The maximum absolute atomic E-state index is 12.1. The fourth-order valence-corrected chi connectivity index (χ4v) is 6.03.